The average molecular weight is 369 g/mol. The third kappa shape index (κ3) is 2.89. The molecule has 0 fully saturated rings. The lowest BCUT2D eigenvalue weighted by molar-refractivity contribution is 0.303. The highest BCUT2D eigenvalue weighted by Gasteiger charge is 2.21. The summed E-state index contributed by atoms with van der Waals surface area (Å²) in [7, 11) is 0. The first-order valence-electron chi connectivity index (χ1n) is 6.80. The van der Waals surface area contributed by atoms with Crippen LogP contribution in [0.5, 0.6) is 0 Å². The normalized spacial score (nSPS) is 11.2. The lowest BCUT2D eigenvalue weighted by Gasteiger charge is -2.00. The van der Waals surface area contributed by atoms with Gasteiger partial charge in [0.2, 0.25) is 5.82 Å². The Morgan fingerprint density at radius 1 is 1.32 bits per heavy atom. The molecule has 0 unspecified atom stereocenters. The zero-order valence-corrected chi connectivity index (χ0v) is 13.4. The van der Waals surface area contributed by atoms with E-state index in [9.17, 15) is 4.79 Å². The fourth-order valence-electron chi connectivity index (χ4n) is 2.05. The lowest BCUT2D eigenvalue weighted by atomic mass is 10.1. The molecule has 0 aliphatic carbocycles. The monoisotopic (exact) mass is 368 g/mol. The Balaban J connectivity index is 1.95. The summed E-state index contributed by atoms with van der Waals surface area (Å²) in [5, 5.41) is 11.5. The van der Waals surface area contributed by atoms with Crippen LogP contribution in [0.2, 0.25) is 0 Å². The van der Waals surface area contributed by atoms with E-state index in [0.717, 1.165) is 17.3 Å². The van der Waals surface area contributed by atoms with Gasteiger partial charge in [0.05, 0.1) is 11.0 Å². The van der Waals surface area contributed by atoms with E-state index in [2.05, 4.69) is 38.3 Å². The molecule has 0 aliphatic rings. The Bertz CT molecular complexity index is 816. The maximum Gasteiger partial charge on any atom is 0.442 e. The SMILES string of the molecule is CCCCc1nonc1-c1noc(=O)n1Cc1cc(Br)co1. The molecular weight excluding hydrogens is 356 g/mol. The Labute approximate surface area is 133 Å². The van der Waals surface area contributed by atoms with Crippen molar-refractivity contribution in [2.45, 2.75) is 32.7 Å². The van der Waals surface area contributed by atoms with E-state index in [1.54, 1.807) is 6.07 Å². The highest BCUT2D eigenvalue weighted by atomic mass is 79.9. The van der Waals surface area contributed by atoms with Crippen molar-refractivity contribution < 1.29 is 13.6 Å². The fraction of sp³-hybridized carbons (Fsp3) is 0.385. The number of halogens is 1. The van der Waals surface area contributed by atoms with Crippen molar-refractivity contribution in [3.8, 4) is 11.5 Å². The maximum atomic E-state index is 11.9. The highest BCUT2D eigenvalue weighted by Crippen LogP contribution is 2.21. The Morgan fingerprint density at radius 3 is 2.91 bits per heavy atom. The van der Waals surface area contributed by atoms with Gasteiger partial charge in [-0.15, -0.1) is 0 Å². The molecule has 3 rings (SSSR count). The molecule has 0 radical (unpaired) electrons. The van der Waals surface area contributed by atoms with Gasteiger partial charge in [-0.1, -0.05) is 23.7 Å². The number of aromatic nitrogens is 4. The fourth-order valence-corrected chi connectivity index (χ4v) is 2.40. The standard InChI is InChI=1S/C13H13BrN4O4/c1-2-3-4-10-11(16-22-15-10)12-17-21-13(19)18(12)6-9-5-8(14)7-20-9/h5,7H,2-4,6H2,1H3. The molecule has 0 atom stereocenters. The van der Waals surface area contributed by atoms with E-state index in [0.29, 0.717) is 23.6 Å². The molecule has 0 saturated heterocycles. The predicted molar refractivity (Wildman–Crippen MR) is 78.2 cm³/mol. The van der Waals surface area contributed by atoms with Crippen molar-refractivity contribution in [3.05, 3.63) is 38.8 Å². The van der Waals surface area contributed by atoms with Crippen LogP contribution in [0.25, 0.3) is 11.5 Å². The molecule has 22 heavy (non-hydrogen) atoms. The van der Waals surface area contributed by atoms with Crippen LogP contribution in [0.4, 0.5) is 0 Å². The zero-order valence-electron chi connectivity index (χ0n) is 11.8. The zero-order chi connectivity index (χ0) is 15.5. The minimum atomic E-state index is -0.591. The summed E-state index contributed by atoms with van der Waals surface area (Å²) >= 11 is 3.29. The molecule has 0 aromatic carbocycles. The molecule has 0 saturated carbocycles. The molecule has 9 heteroatoms. The van der Waals surface area contributed by atoms with Crippen LogP contribution >= 0.6 is 15.9 Å². The van der Waals surface area contributed by atoms with Crippen molar-refractivity contribution in [1.29, 1.82) is 0 Å². The van der Waals surface area contributed by atoms with Crippen LogP contribution in [0.15, 0.2) is 35.2 Å². The molecule has 3 aromatic heterocycles. The van der Waals surface area contributed by atoms with E-state index in [4.69, 9.17) is 13.6 Å². The van der Waals surface area contributed by atoms with Crippen LogP contribution in [-0.2, 0) is 13.0 Å². The van der Waals surface area contributed by atoms with Crippen LogP contribution in [0, 0.1) is 0 Å². The number of aryl methyl sites for hydroxylation is 1. The Kier molecular flexibility index (Phi) is 4.23. The number of nitrogens with zero attached hydrogens (tertiary/aromatic N) is 4. The number of rotatable bonds is 6. The molecular formula is C13H13BrN4O4. The van der Waals surface area contributed by atoms with Crippen molar-refractivity contribution in [1.82, 2.24) is 20.0 Å². The lowest BCUT2D eigenvalue weighted by Crippen LogP contribution is -2.16. The van der Waals surface area contributed by atoms with Crippen molar-refractivity contribution >= 4 is 15.9 Å². The summed E-state index contributed by atoms with van der Waals surface area (Å²) in [6, 6.07) is 1.77. The topological polar surface area (TPSA) is 100 Å². The van der Waals surface area contributed by atoms with Gasteiger partial charge >= 0.3 is 5.76 Å². The molecule has 116 valence electrons. The van der Waals surface area contributed by atoms with Gasteiger partial charge in [-0.3, -0.25) is 4.52 Å². The molecule has 0 N–H and O–H groups in total. The summed E-state index contributed by atoms with van der Waals surface area (Å²) in [4.78, 5) is 11.9. The molecule has 8 nitrogen and oxygen atoms in total. The molecule has 0 aliphatic heterocycles. The second-order valence-electron chi connectivity index (χ2n) is 4.75. The molecule has 0 amide bonds. The van der Waals surface area contributed by atoms with E-state index < -0.39 is 5.76 Å². The third-order valence-electron chi connectivity index (χ3n) is 3.16. The Hall–Kier alpha value is -2.16. The largest absolute Gasteiger partial charge is 0.466 e. The molecule has 0 bridgehead atoms. The molecule has 3 aromatic rings. The van der Waals surface area contributed by atoms with E-state index >= 15 is 0 Å². The van der Waals surface area contributed by atoms with Crippen LogP contribution in [-0.4, -0.2) is 20.0 Å². The first kappa shape index (κ1) is 14.8. The van der Waals surface area contributed by atoms with Crippen LogP contribution in [0.3, 0.4) is 0 Å². The number of unbranched alkanes of at least 4 members (excludes halogenated alkanes) is 1. The summed E-state index contributed by atoms with van der Waals surface area (Å²) in [5.74, 6) is 0.279. The van der Waals surface area contributed by atoms with Gasteiger partial charge in [-0.05, 0) is 40.0 Å². The van der Waals surface area contributed by atoms with Gasteiger partial charge < -0.3 is 4.42 Å². The second kappa shape index (κ2) is 6.30. The number of hydrogen-bond acceptors (Lipinski definition) is 7. The smallest absolute Gasteiger partial charge is 0.442 e. The molecule has 0 spiro atoms. The third-order valence-corrected chi connectivity index (χ3v) is 3.57. The summed E-state index contributed by atoms with van der Waals surface area (Å²) in [6.45, 7) is 2.26. The van der Waals surface area contributed by atoms with E-state index in [-0.39, 0.29) is 12.4 Å². The van der Waals surface area contributed by atoms with Crippen molar-refractivity contribution in [3.63, 3.8) is 0 Å². The predicted octanol–water partition coefficient (Wildman–Crippen LogP) is 2.63. The quantitative estimate of drug-likeness (QED) is 0.658. The van der Waals surface area contributed by atoms with Crippen LogP contribution < -0.4 is 5.76 Å². The minimum absolute atomic E-state index is 0.184. The van der Waals surface area contributed by atoms with Gasteiger partial charge in [-0.2, -0.15) is 0 Å². The summed E-state index contributed by atoms with van der Waals surface area (Å²) in [5.41, 5.74) is 1.08. The van der Waals surface area contributed by atoms with E-state index in [1.807, 2.05) is 0 Å². The first-order chi connectivity index (χ1) is 10.7. The van der Waals surface area contributed by atoms with Crippen LogP contribution in [0.1, 0.15) is 31.2 Å². The number of furan rings is 1. The molecule has 3 heterocycles. The maximum absolute atomic E-state index is 11.9. The van der Waals surface area contributed by atoms with Gasteiger partial charge in [0.15, 0.2) is 5.69 Å². The summed E-state index contributed by atoms with van der Waals surface area (Å²) in [6.07, 6.45) is 4.19. The Morgan fingerprint density at radius 2 is 2.18 bits per heavy atom. The number of hydrogen-bond donors (Lipinski definition) is 0. The highest BCUT2D eigenvalue weighted by molar-refractivity contribution is 9.10. The van der Waals surface area contributed by atoms with Gasteiger partial charge in [-0.25, -0.2) is 14.0 Å². The summed E-state index contributed by atoms with van der Waals surface area (Å²) < 4.78 is 17.0. The average Bonchev–Trinajstić information content (AvgIpc) is 3.20. The second-order valence-corrected chi connectivity index (χ2v) is 5.67. The van der Waals surface area contributed by atoms with Gasteiger partial charge in [0.1, 0.15) is 17.7 Å². The van der Waals surface area contributed by atoms with Crippen molar-refractivity contribution in [2.75, 3.05) is 0 Å². The van der Waals surface area contributed by atoms with Gasteiger partial charge in [0, 0.05) is 0 Å². The van der Waals surface area contributed by atoms with E-state index in [1.165, 1.54) is 10.8 Å². The van der Waals surface area contributed by atoms with Crippen molar-refractivity contribution in [2.24, 2.45) is 0 Å². The first-order valence-corrected chi connectivity index (χ1v) is 7.59. The van der Waals surface area contributed by atoms with Gasteiger partial charge in [0.25, 0.3) is 0 Å². The minimum Gasteiger partial charge on any atom is -0.466 e.